The van der Waals surface area contributed by atoms with Crippen LogP contribution in [0.2, 0.25) is 10.0 Å². The minimum Gasteiger partial charge on any atom is -0.494 e. The van der Waals surface area contributed by atoms with Gasteiger partial charge in [-0.3, -0.25) is 9.59 Å². The first-order chi connectivity index (χ1) is 17.9. The summed E-state index contributed by atoms with van der Waals surface area (Å²) in [6, 6.07) is 7.88. The maximum atomic E-state index is 14.7. The summed E-state index contributed by atoms with van der Waals surface area (Å²) in [7, 11) is 2.07. The first kappa shape index (κ1) is 28.4. The number of amides is 2. The second kappa shape index (κ2) is 10.5. The predicted molar refractivity (Wildman–Crippen MR) is 133 cm³/mol. The van der Waals surface area contributed by atoms with Crippen molar-refractivity contribution in [3.8, 4) is 5.75 Å². The number of ether oxygens (including phenoxy) is 2. The van der Waals surface area contributed by atoms with Gasteiger partial charge in [-0.1, -0.05) is 35.3 Å². The van der Waals surface area contributed by atoms with Gasteiger partial charge in [0.2, 0.25) is 5.91 Å². The van der Waals surface area contributed by atoms with Crippen LogP contribution in [0.25, 0.3) is 0 Å². The summed E-state index contributed by atoms with van der Waals surface area (Å²) < 4.78 is 67.5. The average molecular weight is 577 g/mol. The fraction of sp³-hybridized carbons (Fsp3) is 0.462. The number of nitrogens with zero attached hydrogens (tertiary/aromatic N) is 1. The molecule has 2 aromatic carbocycles. The van der Waals surface area contributed by atoms with Crippen LogP contribution in [0.1, 0.15) is 36.3 Å². The van der Waals surface area contributed by atoms with Gasteiger partial charge in [0.1, 0.15) is 5.82 Å². The van der Waals surface area contributed by atoms with Crippen molar-refractivity contribution in [2.24, 2.45) is 5.41 Å². The highest BCUT2D eigenvalue weighted by Gasteiger charge is 2.64. The number of alkyl halides is 3. The maximum Gasteiger partial charge on any atom is 0.430 e. The standard InChI is InChI=1S/C26H26Cl2F4N2O4/c1-37-22-19(27)11-16(12-20(22)28)25(38-2,26(30,31)32)23(36)34-9-7-24(8-10-34)13-21(35)33-14-18(24)15-3-5-17(29)6-4-15/h3-6,11-12,18H,7-10,13-14H2,1-2H3,(H,33,35)/t18-,25-/m0/s1. The van der Waals surface area contributed by atoms with Crippen LogP contribution in [-0.4, -0.2) is 56.7 Å². The van der Waals surface area contributed by atoms with E-state index >= 15 is 0 Å². The van der Waals surface area contributed by atoms with E-state index in [1.807, 2.05) is 0 Å². The second-order valence-corrected chi connectivity index (χ2v) is 10.4. The molecule has 0 aliphatic carbocycles. The zero-order valence-electron chi connectivity index (χ0n) is 20.6. The van der Waals surface area contributed by atoms with Crippen LogP contribution in [0, 0.1) is 11.2 Å². The number of benzene rings is 2. The number of piperidine rings is 2. The first-order valence-corrected chi connectivity index (χ1v) is 12.6. The Hall–Kier alpha value is -2.56. The molecule has 38 heavy (non-hydrogen) atoms. The summed E-state index contributed by atoms with van der Waals surface area (Å²) in [4.78, 5) is 27.1. The molecule has 2 atom stereocenters. The highest BCUT2D eigenvalue weighted by atomic mass is 35.5. The Morgan fingerprint density at radius 1 is 1.08 bits per heavy atom. The van der Waals surface area contributed by atoms with E-state index in [-0.39, 0.29) is 60.0 Å². The number of carbonyl (C=O) groups excluding carboxylic acids is 2. The molecular formula is C26H26Cl2F4N2O4. The van der Waals surface area contributed by atoms with E-state index < -0.39 is 34.5 Å². The van der Waals surface area contributed by atoms with Gasteiger partial charge in [-0.05, 0) is 48.1 Å². The third-order valence-electron chi connectivity index (χ3n) is 7.69. The molecule has 2 heterocycles. The Morgan fingerprint density at radius 3 is 2.16 bits per heavy atom. The fourth-order valence-corrected chi connectivity index (χ4v) is 6.34. The molecule has 1 N–H and O–H groups in total. The second-order valence-electron chi connectivity index (χ2n) is 9.60. The van der Waals surface area contributed by atoms with Gasteiger partial charge in [-0.25, -0.2) is 4.39 Å². The molecule has 2 aliphatic heterocycles. The molecule has 2 amide bonds. The fourth-order valence-electron chi connectivity index (χ4n) is 5.69. The first-order valence-electron chi connectivity index (χ1n) is 11.9. The molecule has 12 heteroatoms. The molecule has 2 aliphatic rings. The Labute approximate surface area is 227 Å². The van der Waals surface area contributed by atoms with Crippen molar-refractivity contribution in [1.82, 2.24) is 10.2 Å². The number of likely N-dealkylation sites (tertiary alicyclic amines) is 1. The molecular weight excluding hydrogens is 551 g/mol. The number of hydrogen-bond acceptors (Lipinski definition) is 4. The highest BCUT2D eigenvalue weighted by molar-refractivity contribution is 6.37. The van der Waals surface area contributed by atoms with Crippen LogP contribution < -0.4 is 10.1 Å². The summed E-state index contributed by atoms with van der Waals surface area (Å²) in [5, 5.41) is 2.41. The minimum atomic E-state index is -5.16. The normalized spacial score (nSPS) is 21.1. The molecule has 0 unspecified atom stereocenters. The van der Waals surface area contributed by atoms with E-state index in [0.717, 1.165) is 29.7 Å². The topological polar surface area (TPSA) is 67.9 Å². The lowest BCUT2D eigenvalue weighted by Gasteiger charge is -2.50. The van der Waals surface area contributed by atoms with E-state index in [2.05, 4.69) is 5.32 Å². The van der Waals surface area contributed by atoms with Crippen LogP contribution in [0.5, 0.6) is 5.75 Å². The van der Waals surface area contributed by atoms with Crippen LogP contribution in [0.4, 0.5) is 17.6 Å². The molecule has 2 aromatic rings. The van der Waals surface area contributed by atoms with Crippen molar-refractivity contribution >= 4 is 35.0 Å². The SMILES string of the molecule is COc1c(Cl)cc([C@](OC)(C(=O)N2CCC3(CC2)CC(=O)NC[C@H]3c2ccc(F)cc2)C(F)(F)F)cc1Cl. The Bertz CT molecular complexity index is 1190. The average Bonchev–Trinajstić information content (AvgIpc) is 2.85. The third kappa shape index (κ3) is 4.82. The van der Waals surface area contributed by atoms with E-state index in [0.29, 0.717) is 6.54 Å². The molecule has 4 rings (SSSR count). The molecule has 0 saturated carbocycles. The summed E-state index contributed by atoms with van der Waals surface area (Å²) >= 11 is 12.2. The van der Waals surface area contributed by atoms with E-state index in [1.165, 1.54) is 19.2 Å². The highest BCUT2D eigenvalue weighted by Crippen LogP contribution is 2.51. The monoisotopic (exact) mass is 576 g/mol. The van der Waals surface area contributed by atoms with Gasteiger partial charge in [0.15, 0.2) is 5.75 Å². The predicted octanol–water partition coefficient (Wildman–Crippen LogP) is 5.46. The molecule has 1 spiro atoms. The van der Waals surface area contributed by atoms with Crippen LogP contribution in [0.15, 0.2) is 36.4 Å². The lowest BCUT2D eigenvalue weighted by Crippen LogP contribution is -2.60. The summed E-state index contributed by atoms with van der Waals surface area (Å²) in [6.07, 6.45) is -4.46. The summed E-state index contributed by atoms with van der Waals surface area (Å²) in [6.45, 7) is 0.233. The van der Waals surface area contributed by atoms with Crippen molar-refractivity contribution in [1.29, 1.82) is 0 Å². The molecule has 0 radical (unpaired) electrons. The molecule has 206 valence electrons. The molecule has 2 fully saturated rings. The molecule has 0 aromatic heterocycles. The lowest BCUT2D eigenvalue weighted by molar-refractivity contribution is -0.271. The number of methoxy groups -OCH3 is 2. The number of hydrogen-bond donors (Lipinski definition) is 1. The van der Waals surface area contributed by atoms with E-state index in [9.17, 15) is 27.2 Å². The Morgan fingerprint density at radius 2 is 1.66 bits per heavy atom. The zero-order valence-corrected chi connectivity index (χ0v) is 22.1. The van der Waals surface area contributed by atoms with Gasteiger partial charge >= 0.3 is 6.18 Å². The van der Waals surface area contributed by atoms with Gasteiger partial charge in [0.25, 0.3) is 11.5 Å². The number of carbonyl (C=O) groups is 2. The largest absolute Gasteiger partial charge is 0.494 e. The van der Waals surface area contributed by atoms with Gasteiger partial charge < -0.3 is 19.7 Å². The molecule has 0 bridgehead atoms. The van der Waals surface area contributed by atoms with Crippen LogP contribution in [0.3, 0.4) is 0 Å². The van der Waals surface area contributed by atoms with Crippen LogP contribution >= 0.6 is 23.2 Å². The van der Waals surface area contributed by atoms with Crippen LogP contribution in [-0.2, 0) is 19.9 Å². The summed E-state index contributed by atoms with van der Waals surface area (Å²) in [5.74, 6) is -2.10. The number of nitrogens with one attached hydrogen (secondary N) is 1. The quantitative estimate of drug-likeness (QED) is 0.480. The van der Waals surface area contributed by atoms with Crippen molar-refractivity contribution in [3.05, 3.63) is 63.4 Å². The minimum absolute atomic E-state index is 0.0287. The van der Waals surface area contributed by atoms with Gasteiger partial charge in [-0.15, -0.1) is 0 Å². The maximum absolute atomic E-state index is 14.7. The van der Waals surface area contributed by atoms with Crippen molar-refractivity contribution < 1.29 is 36.6 Å². The zero-order chi connectivity index (χ0) is 27.9. The van der Waals surface area contributed by atoms with Gasteiger partial charge in [0, 0.05) is 44.6 Å². The Kier molecular flexibility index (Phi) is 7.89. The van der Waals surface area contributed by atoms with Crippen molar-refractivity contribution in [2.75, 3.05) is 33.9 Å². The molecule has 2 saturated heterocycles. The van der Waals surface area contributed by atoms with Gasteiger partial charge in [0.05, 0.1) is 17.2 Å². The Balaban J connectivity index is 1.66. The molecule has 6 nitrogen and oxygen atoms in total. The third-order valence-corrected chi connectivity index (χ3v) is 8.25. The number of halogens is 6. The smallest absolute Gasteiger partial charge is 0.430 e. The number of rotatable bonds is 5. The summed E-state index contributed by atoms with van der Waals surface area (Å²) in [5.41, 5.74) is -3.72. The van der Waals surface area contributed by atoms with Crippen molar-refractivity contribution in [3.63, 3.8) is 0 Å². The van der Waals surface area contributed by atoms with E-state index in [1.54, 1.807) is 12.1 Å². The van der Waals surface area contributed by atoms with E-state index in [4.69, 9.17) is 32.7 Å². The lowest BCUT2D eigenvalue weighted by atomic mass is 9.62. The van der Waals surface area contributed by atoms with Gasteiger partial charge in [-0.2, -0.15) is 13.2 Å². The van der Waals surface area contributed by atoms with Crippen molar-refractivity contribution in [2.45, 2.75) is 37.0 Å².